The van der Waals surface area contributed by atoms with Crippen LogP contribution in [0.2, 0.25) is 0 Å². The van der Waals surface area contributed by atoms with Gasteiger partial charge in [-0.2, -0.15) is 5.26 Å². The van der Waals surface area contributed by atoms with Crippen LogP contribution in [0.1, 0.15) is 17.5 Å². The van der Waals surface area contributed by atoms with Crippen LogP contribution >= 0.6 is 0 Å². The lowest BCUT2D eigenvalue weighted by molar-refractivity contribution is 0.559. The van der Waals surface area contributed by atoms with Crippen molar-refractivity contribution < 1.29 is 0 Å². The Bertz CT molecular complexity index is 644. The topological polar surface area (TPSA) is 61.1 Å². The first-order valence-corrected chi connectivity index (χ1v) is 5.39. The molecule has 80 valence electrons. The Labute approximate surface area is 92.1 Å². The number of pyridine rings is 1. The molecule has 16 heavy (non-hydrogen) atoms. The van der Waals surface area contributed by atoms with Crippen molar-refractivity contribution in [1.82, 2.24) is 9.38 Å². The van der Waals surface area contributed by atoms with Gasteiger partial charge in [0.15, 0.2) is 0 Å². The second kappa shape index (κ2) is 3.24. The van der Waals surface area contributed by atoms with Crippen LogP contribution in [-0.4, -0.2) is 9.38 Å². The SMILES string of the molecule is N#CC1CCc2c(cc3[nH]ccn3c2=O)C1. The van der Waals surface area contributed by atoms with Gasteiger partial charge < -0.3 is 4.98 Å². The highest BCUT2D eigenvalue weighted by molar-refractivity contribution is 5.45. The van der Waals surface area contributed by atoms with Crippen LogP contribution in [0.3, 0.4) is 0 Å². The van der Waals surface area contributed by atoms with Crippen LogP contribution < -0.4 is 5.56 Å². The van der Waals surface area contributed by atoms with Crippen molar-refractivity contribution in [3.63, 3.8) is 0 Å². The number of hydrogen-bond donors (Lipinski definition) is 1. The summed E-state index contributed by atoms with van der Waals surface area (Å²) in [6.45, 7) is 0. The molecule has 0 bridgehead atoms. The monoisotopic (exact) mass is 213 g/mol. The van der Waals surface area contributed by atoms with Crippen molar-refractivity contribution in [1.29, 1.82) is 5.26 Å². The first kappa shape index (κ1) is 9.22. The lowest BCUT2D eigenvalue weighted by Gasteiger charge is -2.18. The predicted octanol–water partition coefficient (Wildman–Crippen LogP) is 1.26. The lowest BCUT2D eigenvalue weighted by Crippen LogP contribution is -2.25. The quantitative estimate of drug-likeness (QED) is 0.716. The normalized spacial score (nSPS) is 19.3. The van der Waals surface area contributed by atoms with Gasteiger partial charge in [-0.25, -0.2) is 0 Å². The number of nitriles is 1. The van der Waals surface area contributed by atoms with Crippen molar-refractivity contribution in [2.45, 2.75) is 19.3 Å². The van der Waals surface area contributed by atoms with E-state index in [0.717, 1.165) is 29.6 Å². The maximum Gasteiger partial charge on any atom is 0.259 e. The Kier molecular flexibility index (Phi) is 1.87. The largest absolute Gasteiger partial charge is 0.346 e. The van der Waals surface area contributed by atoms with Crippen molar-refractivity contribution in [2.24, 2.45) is 5.92 Å². The molecule has 3 rings (SSSR count). The summed E-state index contributed by atoms with van der Waals surface area (Å²) in [6.07, 6.45) is 5.73. The summed E-state index contributed by atoms with van der Waals surface area (Å²) in [5.74, 6) is 0.0595. The molecule has 1 unspecified atom stereocenters. The first-order chi connectivity index (χ1) is 7.79. The Hall–Kier alpha value is -2.02. The zero-order chi connectivity index (χ0) is 11.1. The van der Waals surface area contributed by atoms with E-state index in [9.17, 15) is 4.79 Å². The van der Waals surface area contributed by atoms with Crippen LogP contribution in [-0.2, 0) is 12.8 Å². The average Bonchev–Trinajstić information content (AvgIpc) is 2.77. The number of hydrogen-bond acceptors (Lipinski definition) is 2. The molecular weight excluding hydrogens is 202 g/mol. The van der Waals surface area contributed by atoms with Gasteiger partial charge in [-0.05, 0) is 30.9 Å². The van der Waals surface area contributed by atoms with Crippen LogP contribution in [0, 0.1) is 17.2 Å². The molecule has 1 aliphatic carbocycles. The van der Waals surface area contributed by atoms with Gasteiger partial charge in [0.2, 0.25) is 0 Å². The fourth-order valence-corrected chi connectivity index (χ4v) is 2.42. The van der Waals surface area contributed by atoms with E-state index in [4.69, 9.17) is 5.26 Å². The molecule has 4 nitrogen and oxygen atoms in total. The summed E-state index contributed by atoms with van der Waals surface area (Å²) in [4.78, 5) is 15.1. The molecular formula is C12H11N3O. The fourth-order valence-electron chi connectivity index (χ4n) is 2.42. The zero-order valence-electron chi connectivity index (χ0n) is 8.73. The minimum Gasteiger partial charge on any atom is -0.346 e. The molecule has 0 radical (unpaired) electrons. The van der Waals surface area contributed by atoms with E-state index in [1.165, 1.54) is 0 Å². The smallest absolute Gasteiger partial charge is 0.259 e. The molecule has 2 aromatic rings. The number of H-pyrrole nitrogens is 1. The second-order valence-corrected chi connectivity index (χ2v) is 4.24. The van der Waals surface area contributed by atoms with Gasteiger partial charge in [-0.3, -0.25) is 9.20 Å². The molecule has 1 aliphatic rings. The second-order valence-electron chi connectivity index (χ2n) is 4.24. The third-order valence-corrected chi connectivity index (χ3v) is 3.28. The average molecular weight is 213 g/mol. The van der Waals surface area contributed by atoms with Crippen molar-refractivity contribution in [3.05, 3.63) is 39.9 Å². The van der Waals surface area contributed by atoms with E-state index < -0.39 is 0 Å². The summed E-state index contributed by atoms with van der Waals surface area (Å²) in [5, 5.41) is 8.92. The van der Waals surface area contributed by atoms with Gasteiger partial charge in [0.05, 0.1) is 12.0 Å². The summed E-state index contributed by atoms with van der Waals surface area (Å²) in [7, 11) is 0. The van der Waals surface area contributed by atoms with E-state index in [2.05, 4.69) is 11.1 Å². The van der Waals surface area contributed by atoms with E-state index in [1.54, 1.807) is 16.8 Å². The Morgan fingerprint density at radius 3 is 3.25 bits per heavy atom. The zero-order valence-corrected chi connectivity index (χ0v) is 8.73. The van der Waals surface area contributed by atoms with E-state index in [0.29, 0.717) is 6.42 Å². The number of aromatic amines is 1. The van der Waals surface area contributed by atoms with Crippen LogP contribution in [0.15, 0.2) is 23.3 Å². The Morgan fingerprint density at radius 2 is 2.44 bits per heavy atom. The number of rotatable bonds is 0. The number of nitrogens with one attached hydrogen (secondary N) is 1. The standard InChI is InChI=1S/C12H11N3O/c13-7-8-1-2-10-9(5-8)6-11-14-3-4-15(11)12(10)16/h3-4,6,8,14H,1-2,5H2. The molecule has 1 atom stereocenters. The van der Waals surface area contributed by atoms with Crippen molar-refractivity contribution in [2.75, 3.05) is 0 Å². The Balaban J connectivity index is 2.25. The van der Waals surface area contributed by atoms with Gasteiger partial charge in [0, 0.05) is 18.0 Å². The van der Waals surface area contributed by atoms with Crippen LogP contribution in [0.25, 0.3) is 5.65 Å². The number of aromatic nitrogens is 2. The number of nitrogens with zero attached hydrogens (tertiary/aromatic N) is 2. The molecule has 4 heteroatoms. The third-order valence-electron chi connectivity index (χ3n) is 3.28. The highest BCUT2D eigenvalue weighted by Gasteiger charge is 2.21. The predicted molar refractivity (Wildman–Crippen MR) is 59.1 cm³/mol. The van der Waals surface area contributed by atoms with Crippen molar-refractivity contribution in [3.8, 4) is 6.07 Å². The highest BCUT2D eigenvalue weighted by Crippen LogP contribution is 2.23. The van der Waals surface area contributed by atoms with Crippen LogP contribution in [0.5, 0.6) is 0 Å². The number of imidazole rings is 1. The minimum absolute atomic E-state index is 0.0595. The van der Waals surface area contributed by atoms with Gasteiger partial charge in [-0.1, -0.05) is 0 Å². The molecule has 0 saturated heterocycles. The maximum atomic E-state index is 12.1. The first-order valence-electron chi connectivity index (χ1n) is 5.39. The Morgan fingerprint density at radius 1 is 1.56 bits per heavy atom. The molecule has 0 aromatic carbocycles. The van der Waals surface area contributed by atoms with Gasteiger partial charge in [0.25, 0.3) is 5.56 Å². The summed E-state index contributed by atoms with van der Waals surface area (Å²) >= 11 is 0. The van der Waals surface area contributed by atoms with E-state index in [-0.39, 0.29) is 11.5 Å². The molecule has 0 fully saturated rings. The third kappa shape index (κ3) is 1.18. The molecule has 0 amide bonds. The minimum atomic E-state index is 0.0595. The molecule has 0 spiro atoms. The van der Waals surface area contributed by atoms with Gasteiger partial charge in [-0.15, -0.1) is 0 Å². The number of fused-ring (bicyclic) bond motifs is 2. The van der Waals surface area contributed by atoms with Gasteiger partial charge in [0.1, 0.15) is 5.65 Å². The maximum absolute atomic E-state index is 12.1. The highest BCUT2D eigenvalue weighted by atomic mass is 16.1. The molecule has 2 aromatic heterocycles. The fraction of sp³-hybridized carbons (Fsp3) is 0.333. The summed E-state index contributed by atoms with van der Waals surface area (Å²) in [6, 6.07) is 4.27. The molecule has 2 heterocycles. The van der Waals surface area contributed by atoms with E-state index in [1.807, 2.05) is 6.07 Å². The van der Waals surface area contributed by atoms with Crippen LogP contribution in [0.4, 0.5) is 0 Å². The molecule has 0 aliphatic heterocycles. The summed E-state index contributed by atoms with van der Waals surface area (Å²) in [5.41, 5.74) is 2.78. The van der Waals surface area contributed by atoms with Gasteiger partial charge >= 0.3 is 0 Å². The van der Waals surface area contributed by atoms with Crippen molar-refractivity contribution >= 4 is 5.65 Å². The molecule has 0 saturated carbocycles. The molecule has 1 N–H and O–H groups in total. The summed E-state index contributed by atoms with van der Waals surface area (Å²) < 4.78 is 1.63. The lowest BCUT2D eigenvalue weighted by atomic mass is 9.85. The van der Waals surface area contributed by atoms with E-state index >= 15 is 0 Å².